The molecule has 0 aromatic carbocycles. The minimum Gasteiger partial charge on any atom is -0.313 e. The number of rotatable bonds is 3. The number of carbonyl (C=O) groups is 1. The van der Waals surface area contributed by atoms with Crippen LogP contribution in [0, 0.1) is 5.92 Å². The normalized spacial score (nSPS) is 30.6. The number of hydrogen-bond donors (Lipinski definition) is 2. The summed E-state index contributed by atoms with van der Waals surface area (Å²) in [6.45, 7) is 6.17. The predicted octanol–water partition coefficient (Wildman–Crippen LogP) is 0.161. The van der Waals surface area contributed by atoms with Crippen molar-refractivity contribution in [3.05, 3.63) is 0 Å². The molecule has 0 radical (unpaired) electrons. The molecular weight excluding hydrogens is 152 g/mol. The van der Waals surface area contributed by atoms with Crippen LogP contribution in [0.4, 0.5) is 0 Å². The van der Waals surface area contributed by atoms with E-state index in [1.54, 1.807) is 0 Å². The maximum atomic E-state index is 10.5. The highest BCUT2D eigenvalue weighted by Crippen LogP contribution is 2.06. The molecule has 0 spiro atoms. The van der Waals surface area contributed by atoms with Gasteiger partial charge in [0.15, 0.2) is 0 Å². The maximum absolute atomic E-state index is 10.5. The molecule has 0 bridgehead atoms. The molecule has 2 N–H and O–H groups in total. The summed E-state index contributed by atoms with van der Waals surface area (Å²) in [6.07, 6.45) is 2.12. The minimum absolute atomic E-state index is 0.0162. The van der Waals surface area contributed by atoms with Gasteiger partial charge in [-0.15, -0.1) is 0 Å². The average molecular weight is 170 g/mol. The Bertz CT molecular complexity index is 147. The minimum atomic E-state index is 0.0162. The lowest BCUT2D eigenvalue weighted by molar-refractivity contribution is -0.110. The van der Waals surface area contributed by atoms with Crippen LogP contribution >= 0.6 is 0 Å². The van der Waals surface area contributed by atoms with Crippen molar-refractivity contribution in [2.45, 2.75) is 32.4 Å². The third-order valence-electron chi connectivity index (χ3n) is 2.12. The molecule has 0 aromatic heterocycles. The van der Waals surface area contributed by atoms with Crippen LogP contribution in [0.2, 0.25) is 0 Å². The van der Waals surface area contributed by atoms with E-state index in [9.17, 15) is 4.79 Å². The van der Waals surface area contributed by atoms with E-state index in [1.165, 1.54) is 0 Å². The van der Waals surface area contributed by atoms with Gasteiger partial charge in [-0.3, -0.25) is 0 Å². The van der Waals surface area contributed by atoms with Gasteiger partial charge in [-0.1, -0.05) is 13.8 Å². The monoisotopic (exact) mass is 170 g/mol. The zero-order valence-electron chi connectivity index (χ0n) is 7.84. The molecule has 12 heavy (non-hydrogen) atoms. The van der Waals surface area contributed by atoms with Gasteiger partial charge >= 0.3 is 0 Å². The first-order valence-electron chi connectivity index (χ1n) is 4.64. The van der Waals surface area contributed by atoms with E-state index in [4.69, 9.17) is 0 Å². The number of piperazine rings is 1. The summed E-state index contributed by atoms with van der Waals surface area (Å²) in [5, 5.41) is 6.55. The summed E-state index contributed by atoms with van der Waals surface area (Å²) >= 11 is 0. The number of aldehydes is 1. The van der Waals surface area contributed by atoms with Crippen LogP contribution < -0.4 is 10.6 Å². The quantitative estimate of drug-likeness (QED) is 0.593. The Labute approximate surface area is 73.9 Å². The van der Waals surface area contributed by atoms with Gasteiger partial charge in [0.1, 0.15) is 6.29 Å². The molecule has 1 saturated heterocycles. The van der Waals surface area contributed by atoms with E-state index in [2.05, 4.69) is 24.5 Å². The SMILES string of the molecule is CC(C)CC1CNCC(C=O)N1. The average Bonchev–Trinajstić information content (AvgIpc) is 2.03. The highest BCUT2D eigenvalue weighted by molar-refractivity contribution is 5.58. The Hall–Kier alpha value is -0.410. The maximum Gasteiger partial charge on any atom is 0.138 e. The molecule has 2 atom stereocenters. The Morgan fingerprint density at radius 3 is 2.83 bits per heavy atom. The lowest BCUT2D eigenvalue weighted by Crippen LogP contribution is -2.55. The van der Waals surface area contributed by atoms with Crippen molar-refractivity contribution in [3.8, 4) is 0 Å². The van der Waals surface area contributed by atoms with Crippen molar-refractivity contribution < 1.29 is 4.79 Å². The molecule has 70 valence electrons. The second-order valence-corrected chi connectivity index (χ2v) is 3.89. The van der Waals surface area contributed by atoms with Gasteiger partial charge in [-0.05, 0) is 12.3 Å². The van der Waals surface area contributed by atoms with E-state index in [0.717, 1.165) is 25.8 Å². The smallest absolute Gasteiger partial charge is 0.138 e. The Morgan fingerprint density at radius 1 is 1.50 bits per heavy atom. The van der Waals surface area contributed by atoms with Crippen LogP contribution in [0.25, 0.3) is 0 Å². The second kappa shape index (κ2) is 4.58. The van der Waals surface area contributed by atoms with Gasteiger partial charge in [-0.25, -0.2) is 0 Å². The summed E-state index contributed by atoms with van der Waals surface area (Å²) in [4.78, 5) is 10.5. The predicted molar refractivity (Wildman–Crippen MR) is 49.1 cm³/mol. The molecule has 1 fully saturated rings. The number of nitrogens with one attached hydrogen (secondary N) is 2. The summed E-state index contributed by atoms with van der Waals surface area (Å²) < 4.78 is 0. The van der Waals surface area contributed by atoms with Gasteiger partial charge in [0, 0.05) is 19.1 Å². The van der Waals surface area contributed by atoms with Crippen LogP contribution in [0.1, 0.15) is 20.3 Å². The molecule has 1 rings (SSSR count). The third-order valence-corrected chi connectivity index (χ3v) is 2.12. The molecule has 1 aliphatic heterocycles. The van der Waals surface area contributed by atoms with Crippen LogP contribution in [0.5, 0.6) is 0 Å². The highest BCUT2D eigenvalue weighted by Gasteiger charge is 2.19. The number of carbonyl (C=O) groups excluding carboxylic acids is 1. The Kier molecular flexibility index (Phi) is 3.69. The summed E-state index contributed by atoms with van der Waals surface area (Å²) in [5.41, 5.74) is 0. The lowest BCUT2D eigenvalue weighted by Gasteiger charge is -2.29. The van der Waals surface area contributed by atoms with Crippen LogP contribution in [-0.2, 0) is 4.79 Å². The first kappa shape index (κ1) is 9.68. The topological polar surface area (TPSA) is 41.1 Å². The van der Waals surface area contributed by atoms with Crippen LogP contribution in [-0.4, -0.2) is 31.5 Å². The van der Waals surface area contributed by atoms with E-state index in [-0.39, 0.29) is 6.04 Å². The molecule has 0 saturated carbocycles. The summed E-state index contributed by atoms with van der Waals surface area (Å²) in [5.74, 6) is 0.690. The molecular formula is C9H18N2O. The molecule has 0 aliphatic carbocycles. The summed E-state index contributed by atoms with van der Waals surface area (Å²) in [6, 6.07) is 0.483. The van der Waals surface area contributed by atoms with Crippen molar-refractivity contribution in [2.24, 2.45) is 5.92 Å². The zero-order valence-corrected chi connectivity index (χ0v) is 7.84. The molecule has 1 aliphatic rings. The van der Waals surface area contributed by atoms with Crippen molar-refractivity contribution in [1.29, 1.82) is 0 Å². The fourth-order valence-electron chi connectivity index (χ4n) is 1.64. The van der Waals surface area contributed by atoms with Crippen molar-refractivity contribution in [2.75, 3.05) is 13.1 Å². The molecule has 1 heterocycles. The first-order chi connectivity index (χ1) is 5.72. The molecule has 2 unspecified atom stereocenters. The van der Waals surface area contributed by atoms with Gasteiger partial charge in [0.2, 0.25) is 0 Å². The van der Waals surface area contributed by atoms with E-state index >= 15 is 0 Å². The standard InChI is InChI=1S/C9H18N2O/c1-7(2)3-8-4-10-5-9(6-12)11-8/h6-11H,3-5H2,1-2H3. The second-order valence-electron chi connectivity index (χ2n) is 3.89. The van der Waals surface area contributed by atoms with E-state index < -0.39 is 0 Å². The highest BCUT2D eigenvalue weighted by atomic mass is 16.1. The lowest BCUT2D eigenvalue weighted by atomic mass is 10.0. The van der Waals surface area contributed by atoms with Gasteiger partial charge in [0.05, 0.1) is 6.04 Å². The Balaban J connectivity index is 2.30. The molecule has 0 amide bonds. The molecule has 0 aromatic rings. The van der Waals surface area contributed by atoms with Crippen molar-refractivity contribution in [3.63, 3.8) is 0 Å². The Morgan fingerprint density at radius 2 is 2.25 bits per heavy atom. The fraction of sp³-hybridized carbons (Fsp3) is 0.889. The number of hydrogen-bond acceptors (Lipinski definition) is 3. The largest absolute Gasteiger partial charge is 0.313 e. The van der Waals surface area contributed by atoms with Crippen molar-refractivity contribution >= 4 is 6.29 Å². The van der Waals surface area contributed by atoms with Crippen LogP contribution in [0.3, 0.4) is 0 Å². The van der Waals surface area contributed by atoms with Crippen LogP contribution in [0.15, 0.2) is 0 Å². The first-order valence-corrected chi connectivity index (χ1v) is 4.64. The van der Waals surface area contributed by atoms with E-state index in [1.807, 2.05) is 0 Å². The van der Waals surface area contributed by atoms with E-state index in [0.29, 0.717) is 12.0 Å². The van der Waals surface area contributed by atoms with Gasteiger partial charge in [-0.2, -0.15) is 0 Å². The third kappa shape index (κ3) is 2.91. The van der Waals surface area contributed by atoms with Gasteiger partial charge < -0.3 is 15.4 Å². The van der Waals surface area contributed by atoms with Crippen molar-refractivity contribution in [1.82, 2.24) is 10.6 Å². The molecule has 3 heteroatoms. The zero-order chi connectivity index (χ0) is 8.97. The summed E-state index contributed by atoms with van der Waals surface area (Å²) in [7, 11) is 0. The molecule has 3 nitrogen and oxygen atoms in total. The van der Waals surface area contributed by atoms with Gasteiger partial charge in [0.25, 0.3) is 0 Å². The fourth-order valence-corrected chi connectivity index (χ4v) is 1.64.